The lowest BCUT2D eigenvalue weighted by molar-refractivity contribution is -0.123. The Kier molecular flexibility index (Phi) is 6.30. The van der Waals surface area contributed by atoms with Crippen LogP contribution in [-0.2, 0) is 16.1 Å². The summed E-state index contributed by atoms with van der Waals surface area (Å²) in [7, 11) is 0. The van der Waals surface area contributed by atoms with Crippen molar-refractivity contribution in [1.82, 2.24) is 4.57 Å². The van der Waals surface area contributed by atoms with Crippen molar-refractivity contribution in [1.29, 1.82) is 0 Å². The second-order valence-electron chi connectivity index (χ2n) is 7.02. The van der Waals surface area contributed by atoms with Gasteiger partial charge in [-0.05, 0) is 44.5 Å². The van der Waals surface area contributed by atoms with Crippen LogP contribution in [0.3, 0.4) is 0 Å². The number of halogens is 2. The molecule has 1 amide bonds. The van der Waals surface area contributed by atoms with Crippen molar-refractivity contribution >= 4 is 17.6 Å². The average molecular weight is 412 g/mol. The van der Waals surface area contributed by atoms with Gasteiger partial charge in [0.2, 0.25) is 0 Å². The number of carbonyl (C=O) groups excluding carboxylic acids is 2. The van der Waals surface area contributed by atoms with Crippen LogP contribution in [0.25, 0.3) is 0 Å². The van der Waals surface area contributed by atoms with E-state index in [9.17, 15) is 18.4 Å². The minimum Gasteiger partial charge on any atom is -0.449 e. The molecule has 0 fully saturated rings. The van der Waals surface area contributed by atoms with Crippen LogP contribution in [0.5, 0.6) is 0 Å². The minimum absolute atomic E-state index is 0.190. The second-order valence-corrected chi connectivity index (χ2v) is 7.02. The number of hydrogen-bond donors (Lipinski definition) is 1. The predicted molar refractivity (Wildman–Crippen MR) is 109 cm³/mol. The number of nitrogens with one attached hydrogen (secondary N) is 1. The van der Waals surface area contributed by atoms with E-state index >= 15 is 0 Å². The Morgan fingerprint density at radius 2 is 1.77 bits per heavy atom. The average Bonchev–Trinajstić information content (AvgIpc) is 2.99. The summed E-state index contributed by atoms with van der Waals surface area (Å²) in [5, 5.41) is 2.29. The normalized spacial score (nSPS) is 11.8. The Labute approximate surface area is 173 Å². The Hall–Kier alpha value is -3.48. The number of anilines is 1. The molecule has 0 aliphatic heterocycles. The molecule has 0 aliphatic rings. The van der Waals surface area contributed by atoms with Gasteiger partial charge in [0.05, 0.1) is 11.3 Å². The smallest absolute Gasteiger partial charge is 0.340 e. The molecule has 0 saturated heterocycles. The van der Waals surface area contributed by atoms with Gasteiger partial charge < -0.3 is 14.6 Å². The van der Waals surface area contributed by atoms with Gasteiger partial charge in [-0.1, -0.05) is 30.3 Å². The molecule has 7 heteroatoms. The number of benzene rings is 2. The van der Waals surface area contributed by atoms with E-state index < -0.39 is 29.6 Å². The summed E-state index contributed by atoms with van der Waals surface area (Å²) in [6.07, 6.45) is -1.17. The second kappa shape index (κ2) is 8.90. The molecule has 0 bridgehead atoms. The van der Waals surface area contributed by atoms with E-state index in [1.165, 1.54) is 6.92 Å². The van der Waals surface area contributed by atoms with Gasteiger partial charge in [-0.15, -0.1) is 0 Å². The zero-order chi connectivity index (χ0) is 21.8. The Bertz CT molecular complexity index is 1080. The highest BCUT2D eigenvalue weighted by Gasteiger charge is 2.23. The number of esters is 1. The quantitative estimate of drug-likeness (QED) is 0.601. The van der Waals surface area contributed by atoms with Gasteiger partial charge in [0, 0.05) is 24.0 Å². The highest BCUT2D eigenvalue weighted by atomic mass is 19.1. The molecule has 3 rings (SSSR count). The molecular formula is C23H22F2N2O3. The van der Waals surface area contributed by atoms with Crippen LogP contribution >= 0.6 is 0 Å². The molecule has 0 saturated carbocycles. The summed E-state index contributed by atoms with van der Waals surface area (Å²) in [6, 6.07) is 14.3. The van der Waals surface area contributed by atoms with Crippen molar-refractivity contribution in [2.75, 3.05) is 5.32 Å². The number of rotatable bonds is 6. The van der Waals surface area contributed by atoms with Crippen molar-refractivity contribution in [2.45, 2.75) is 33.4 Å². The Balaban J connectivity index is 1.69. The maximum absolute atomic E-state index is 13.7. The number of hydrogen-bond acceptors (Lipinski definition) is 3. The summed E-state index contributed by atoms with van der Waals surface area (Å²) in [5.74, 6) is -3.03. The molecule has 0 radical (unpaired) electrons. The monoisotopic (exact) mass is 412 g/mol. The molecule has 0 spiro atoms. The molecule has 30 heavy (non-hydrogen) atoms. The first-order valence-corrected chi connectivity index (χ1v) is 9.44. The summed E-state index contributed by atoms with van der Waals surface area (Å²) in [5.41, 5.74) is 2.86. The molecule has 0 aliphatic carbocycles. The van der Waals surface area contributed by atoms with Gasteiger partial charge in [0.25, 0.3) is 5.91 Å². The molecular weight excluding hydrogens is 390 g/mol. The minimum atomic E-state index is -1.17. The van der Waals surface area contributed by atoms with E-state index in [1.54, 1.807) is 6.07 Å². The van der Waals surface area contributed by atoms with Gasteiger partial charge >= 0.3 is 5.97 Å². The summed E-state index contributed by atoms with van der Waals surface area (Å²) < 4.78 is 34.0. The predicted octanol–water partition coefficient (Wildman–Crippen LogP) is 4.62. The van der Waals surface area contributed by atoms with Crippen molar-refractivity contribution in [3.8, 4) is 0 Å². The number of aryl methyl sites for hydroxylation is 1. The zero-order valence-corrected chi connectivity index (χ0v) is 16.9. The van der Waals surface area contributed by atoms with E-state index in [1.807, 2.05) is 48.7 Å². The fourth-order valence-corrected chi connectivity index (χ4v) is 3.12. The third kappa shape index (κ3) is 4.74. The summed E-state index contributed by atoms with van der Waals surface area (Å²) in [6.45, 7) is 5.69. The van der Waals surface area contributed by atoms with E-state index in [0.717, 1.165) is 29.1 Å². The lowest BCUT2D eigenvalue weighted by atomic mass is 10.2. The molecule has 2 aromatic carbocycles. The summed E-state index contributed by atoms with van der Waals surface area (Å²) >= 11 is 0. The van der Waals surface area contributed by atoms with Crippen molar-refractivity contribution in [3.63, 3.8) is 0 Å². The molecule has 156 valence electrons. The van der Waals surface area contributed by atoms with Gasteiger partial charge in [0.1, 0.15) is 11.6 Å². The van der Waals surface area contributed by atoms with Crippen LogP contribution in [-0.4, -0.2) is 22.5 Å². The molecule has 5 nitrogen and oxygen atoms in total. The standard InChI is InChI=1S/C23H22F2N2O3/c1-14-11-19(15(2)27(14)13-17-7-5-4-6-8-17)23(29)30-16(3)22(28)26-21-10-9-18(24)12-20(21)25/h4-12,16H,13H2,1-3H3,(H,26,28). The lowest BCUT2D eigenvalue weighted by Gasteiger charge is -2.14. The van der Waals surface area contributed by atoms with E-state index in [0.29, 0.717) is 18.2 Å². The van der Waals surface area contributed by atoms with Crippen LogP contribution in [0.4, 0.5) is 14.5 Å². The number of ether oxygens (including phenoxy) is 1. The Morgan fingerprint density at radius 1 is 1.07 bits per heavy atom. The zero-order valence-electron chi connectivity index (χ0n) is 16.9. The van der Waals surface area contributed by atoms with Crippen LogP contribution in [0, 0.1) is 25.5 Å². The third-order valence-electron chi connectivity index (χ3n) is 4.82. The van der Waals surface area contributed by atoms with Crippen LogP contribution in [0.2, 0.25) is 0 Å². The first kappa shape index (κ1) is 21.2. The highest BCUT2D eigenvalue weighted by molar-refractivity contribution is 5.97. The fraction of sp³-hybridized carbons (Fsp3) is 0.217. The first-order chi connectivity index (χ1) is 14.3. The molecule has 1 unspecified atom stereocenters. The van der Waals surface area contributed by atoms with Gasteiger partial charge in [-0.25, -0.2) is 13.6 Å². The lowest BCUT2D eigenvalue weighted by Crippen LogP contribution is -2.30. The van der Waals surface area contributed by atoms with Crippen molar-refractivity contribution in [2.24, 2.45) is 0 Å². The topological polar surface area (TPSA) is 60.3 Å². The van der Waals surface area contributed by atoms with Crippen LogP contribution in [0.15, 0.2) is 54.6 Å². The molecule has 3 aromatic rings. The summed E-state index contributed by atoms with van der Waals surface area (Å²) in [4.78, 5) is 24.9. The van der Waals surface area contributed by atoms with Gasteiger partial charge in [0.15, 0.2) is 6.10 Å². The third-order valence-corrected chi connectivity index (χ3v) is 4.82. The number of amides is 1. The first-order valence-electron chi connectivity index (χ1n) is 9.44. The molecule has 1 aromatic heterocycles. The van der Waals surface area contributed by atoms with E-state index in [-0.39, 0.29) is 5.69 Å². The molecule has 1 atom stereocenters. The Morgan fingerprint density at radius 3 is 2.43 bits per heavy atom. The van der Waals surface area contributed by atoms with Gasteiger partial charge in [-0.3, -0.25) is 4.79 Å². The maximum atomic E-state index is 13.7. The van der Waals surface area contributed by atoms with Gasteiger partial charge in [-0.2, -0.15) is 0 Å². The van der Waals surface area contributed by atoms with E-state index in [4.69, 9.17) is 4.74 Å². The van der Waals surface area contributed by atoms with Crippen molar-refractivity contribution in [3.05, 3.63) is 88.7 Å². The number of carbonyl (C=O) groups is 2. The van der Waals surface area contributed by atoms with Crippen LogP contribution in [0.1, 0.15) is 34.2 Å². The largest absolute Gasteiger partial charge is 0.449 e. The van der Waals surface area contributed by atoms with Crippen molar-refractivity contribution < 1.29 is 23.1 Å². The van der Waals surface area contributed by atoms with Crippen LogP contribution < -0.4 is 5.32 Å². The number of nitrogens with zero attached hydrogens (tertiary/aromatic N) is 1. The molecule has 1 N–H and O–H groups in total. The maximum Gasteiger partial charge on any atom is 0.340 e. The molecule has 1 heterocycles. The fourth-order valence-electron chi connectivity index (χ4n) is 3.12. The highest BCUT2D eigenvalue weighted by Crippen LogP contribution is 2.20. The van der Waals surface area contributed by atoms with E-state index in [2.05, 4.69) is 5.32 Å². The SMILES string of the molecule is Cc1cc(C(=O)OC(C)C(=O)Nc2ccc(F)cc2F)c(C)n1Cc1ccccc1. The number of aromatic nitrogens is 1.